The van der Waals surface area contributed by atoms with E-state index < -0.39 is 6.10 Å². The van der Waals surface area contributed by atoms with Crippen molar-refractivity contribution in [1.29, 1.82) is 0 Å². The number of aliphatic hydroxyl groups excluding tert-OH is 1. The van der Waals surface area contributed by atoms with Gasteiger partial charge in [0.05, 0.1) is 12.4 Å². The van der Waals surface area contributed by atoms with Crippen molar-refractivity contribution >= 4 is 11.8 Å². The monoisotopic (exact) mass is 318 g/mol. The molecule has 0 spiro atoms. The maximum atomic E-state index is 10.5. The number of thioether (sulfide) groups is 1. The Labute approximate surface area is 137 Å². The van der Waals surface area contributed by atoms with E-state index in [1.165, 1.54) is 11.3 Å². The number of imidazole rings is 1. The van der Waals surface area contributed by atoms with Crippen LogP contribution in [0.3, 0.4) is 0 Å². The van der Waals surface area contributed by atoms with Crippen molar-refractivity contribution in [1.82, 2.24) is 9.55 Å². The van der Waals surface area contributed by atoms with Crippen molar-refractivity contribution in [3.8, 4) is 0 Å². The van der Waals surface area contributed by atoms with Crippen molar-refractivity contribution in [2.24, 2.45) is 11.8 Å². The van der Waals surface area contributed by atoms with Crippen LogP contribution in [0.4, 0.5) is 0 Å². The Bertz CT molecular complexity index is 537. The topological polar surface area (TPSA) is 38.0 Å². The highest BCUT2D eigenvalue weighted by Gasteiger charge is 2.16. The summed E-state index contributed by atoms with van der Waals surface area (Å²) >= 11 is 1.89. The van der Waals surface area contributed by atoms with E-state index in [4.69, 9.17) is 0 Å². The van der Waals surface area contributed by atoms with Gasteiger partial charge in [-0.15, -0.1) is 11.8 Å². The minimum atomic E-state index is -0.447. The van der Waals surface area contributed by atoms with E-state index in [-0.39, 0.29) is 5.92 Å². The normalized spacial score (nSPS) is 14.2. The molecule has 0 aliphatic heterocycles. The van der Waals surface area contributed by atoms with Crippen LogP contribution in [0.2, 0.25) is 0 Å². The fourth-order valence-corrected chi connectivity index (χ4v) is 3.48. The maximum Gasteiger partial charge on any atom is 0.0946 e. The molecule has 1 aromatic carbocycles. The molecule has 2 aromatic rings. The highest BCUT2D eigenvalue weighted by Crippen LogP contribution is 2.26. The van der Waals surface area contributed by atoms with Crippen LogP contribution < -0.4 is 0 Å². The molecule has 1 N–H and O–H groups in total. The average molecular weight is 318 g/mol. The molecule has 3 nitrogen and oxygen atoms in total. The number of aliphatic hydroxyl groups is 1. The van der Waals surface area contributed by atoms with Gasteiger partial charge in [0, 0.05) is 29.8 Å². The molecule has 2 unspecified atom stereocenters. The summed E-state index contributed by atoms with van der Waals surface area (Å²) in [6, 6.07) is 8.33. The zero-order chi connectivity index (χ0) is 15.9. The Morgan fingerprint density at radius 3 is 2.50 bits per heavy atom. The molecule has 2 rings (SSSR count). The lowest BCUT2D eigenvalue weighted by molar-refractivity contribution is 0.107. The van der Waals surface area contributed by atoms with Gasteiger partial charge in [-0.3, -0.25) is 0 Å². The van der Waals surface area contributed by atoms with Gasteiger partial charge in [-0.05, 0) is 35.8 Å². The van der Waals surface area contributed by atoms with E-state index >= 15 is 0 Å². The van der Waals surface area contributed by atoms with Crippen LogP contribution >= 0.6 is 11.8 Å². The first-order valence-electron chi connectivity index (χ1n) is 7.93. The van der Waals surface area contributed by atoms with Gasteiger partial charge in [-0.1, -0.05) is 32.9 Å². The van der Waals surface area contributed by atoms with Crippen LogP contribution in [-0.4, -0.2) is 20.4 Å². The molecule has 0 radical (unpaired) electrons. The molecule has 0 fully saturated rings. The molecule has 0 saturated carbocycles. The van der Waals surface area contributed by atoms with Gasteiger partial charge in [0.15, 0.2) is 0 Å². The van der Waals surface area contributed by atoms with E-state index in [1.807, 2.05) is 34.7 Å². The number of rotatable bonds is 8. The fourth-order valence-electron chi connectivity index (χ4n) is 2.33. The lowest BCUT2D eigenvalue weighted by Gasteiger charge is -2.20. The van der Waals surface area contributed by atoms with Gasteiger partial charge in [0.1, 0.15) is 0 Å². The average Bonchev–Trinajstić information content (AvgIpc) is 3.00. The second kappa shape index (κ2) is 8.39. The highest BCUT2D eigenvalue weighted by atomic mass is 32.2. The van der Waals surface area contributed by atoms with Crippen molar-refractivity contribution in [3.63, 3.8) is 0 Å². The first-order chi connectivity index (χ1) is 10.6. The largest absolute Gasteiger partial charge is 0.388 e. The van der Waals surface area contributed by atoms with Crippen molar-refractivity contribution in [2.45, 2.75) is 44.7 Å². The Hall–Kier alpha value is -1.26. The van der Waals surface area contributed by atoms with Crippen LogP contribution in [-0.2, 0) is 6.54 Å². The predicted octanol–water partition coefficient (Wildman–Crippen LogP) is 4.39. The molecule has 0 bridgehead atoms. The second-order valence-electron chi connectivity index (χ2n) is 6.28. The second-order valence-corrected chi connectivity index (χ2v) is 7.45. The molecule has 0 aliphatic rings. The van der Waals surface area contributed by atoms with Crippen LogP contribution in [0.5, 0.6) is 0 Å². The summed E-state index contributed by atoms with van der Waals surface area (Å²) in [6.07, 6.45) is 6.27. The summed E-state index contributed by atoms with van der Waals surface area (Å²) in [5.41, 5.74) is 0.987. The van der Waals surface area contributed by atoms with Gasteiger partial charge < -0.3 is 9.67 Å². The molecule has 120 valence electrons. The SMILES string of the molecule is CC(C)CCSc1ccc(C(O)C(C)Cn2ccnc2)cc1. The van der Waals surface area contributed by atoms with Crippen LogP contribution in [0, 0.1) is 11.8 Å². The standard InChI is InChI=1S/C18H26N2OS/c1-14(2)8-11-22-17-6-4-16(5-7-17)18(21)15(3)12-20-10-9-19-13-20/h4-7,9-10,13-15,18,21H,8,11-12H2,1-3H3. The fraction of sp³-hybridized carbons (Fsp3) is 0.500. The van der Waals surface area contributed by atoms with Gasteiger partial charge >= 0.3 is 0 Å². The number of hydrogen-bond donors (Lipinski definition) is 1. The van der Waals surface area contributed by atoms with Gasteiger partial charge in [-0.2, -0.15) is 0 Å². The molecule has 0 aliphatic carbocycles. The Morgan fingerprint density at radius 1 is 1.18 bits per heavy atom. The number of benzene rings is 1. The third-order valence-corrected chi connectivity index (χ3v) is 4.83. The molecule has 1 heterocycles. The molecule has 0 saturated heterocycles. The Morgan fingerprint density at radius 2 is 1.91 bits per heavy atom. The minimum absolute atomic E-state index is 0.147. The maximum absolute atomic E-state index is 10.5. The third-order valence-electron chi connectivity index (χ3n) is 3.78. The van der Waals surface area contributed by atoms with Crippen molar-refractivity contribution in [3.05, 3.63) is 48.5 Å². The highest BCUT2D eigenvalue weighted by molar-refractivity contribution is 7.99. The van der Waals surface area contributed by atoms with Crippen molar-refractivity contribution < 1.29 is 5.11 Å². The minimum Gasteiger partial charge on any atom is -0.388 e. The van der Waals surface area contributed by atoms with Gasteiger partial charge in [0.25, 0.3) is 0 Å². The lowest BCUT2D eigenvalue weighted by Crippen LogP contribution is -2.15. The van der Waals surface area contributed by atoms with Gasteiger partial charge in [-0.25, -0.2) is 4.98 Å². The molecular weight excluding hydrogens is 292 g/mol. The Balaban J connectivity index is 1.88. The van der Waals surface area contributed by atoms with Gasteiger partial charge in [0.2, 0.25) is 0 Å². The quantitative estimate of drug-likeness (QED) is 0.734. The smallest absolute Gasteiger partial charge is 0.0946 e. The molecule has 22 heavy (non-hydrogen) atoms. The van der Waals surface area contributed by atoms with E-state index in [1.54, 1.807) is 12.5 Å². The molecule has 4 heteroatoms. The summed E-state index contributed by atoms with van der Waals surface area (Å²) in [7, 11) is 0. The zero-order valence-corrected chi connectivity index (χ0v) is 14.5. The molecular formula is C18H26N2OS. The molecule has 2 atom stereocenters. The Kier molecular flexibility index (Phi) is 6.52. The third kappa shape index (κ3) is 5.18. The van der Waals surface area contributed by atoms with E-state index in [2.05, 4.69) is 37.9 Å². The summed E-state index contributed by atoms with van der Waals surface area (Å²) in [5, 5.41) is 10.5. The number of aromatic nitrogens is 2. The van der Waals surface area contributed by atoms with Crippen LogP contribution in [0.25, 0.3) is 0 Å². The molecule has 1 aromatic heterocycles. The van der Waals surface area contributed by atoms with E-state index in [0.29, 0.717) is 0 Å². The summed E-state index contributed by atoms with van der Waals surface area (Å²) in [5.74, 6) is 2.04. The summed E-state index contributed by atoms with van der Waals surface area (Å²) in [6.45, 7) is 7.34. The van der Waals surface area contributed by atoms with E-state index in [9.17, 15) is 5.11 Å². The number of hydrogen-bond acceptors (Lipinski definition) is 3. The predicted molar refractivity (Wildman–Crippen MR) is 93.0 cm³/mol. The zero-order valence-electron chi connectivity index (χ0n) is 13.6. The number of nitrogens with zero attached hydrogens (tertiary/aromatic N) is 2. The summed E-state index contributed by atoms with van der Waals surface area (Å²) < 4.78 is 2.00. The van der Waals surface area contributed by atoms with Crippen LogP contribution in [0.1, 0.15) is 38.9 Å². The van der Waals surface area contributed by atoms with Crippen LogP contribution in [0.15, 0.2) is 47.9 Å². The first-order valence-corrected chi connectivity index (χ1v) is 8.91. The lowest BCUT2D eigenvalue weighted by atomic mass is 9.97. The van der Waals surface area contributed by atoms with Crippen molar-refractivity contribution in [2.75, 3.05) is 5.75 Å². The first kappa shape index (κ1) is 17.1. The summed E-state index contributed by atoms with van der Waals surface area (Å²) in [4.78, 5) is 5.32. The molecule has 0 amide bonds. The van der Waals surface area contributed by atoms with E-state index in [0.717, 1.165) is 23.8 Å².